The highest BCUT2D eigenvalue weighted by atomic mass is 16.7. The Balaban J connectivity index is 1.92. The molecule has 3 heteroatoms. The Kier molecular flexibility index (Phi) is 5.67. The second kappa shape index (κ2) is 7.61. The van der Waals surface area contributed by atoms with Gasteiger partial charge in [-0.15, -0.1) is 6.58 Å². The van der Waals surface area contributed by atoms with Crippen LogP contribution in [-0.4, -0.2) is 17.5 Å². The lowest BCUT2D eigenvalue weighted by Gasteiger charge is -2.41. The zero-order chi connectivity index (χ0) is 17.9. The summed E-state index contributed by atoms with van der Waals surface area (Å²) in [6.07, 6.45) is 8.33. The van der Waals surface area contributed by atoms with Crippen molar-refractivity contribution in [3.05, 3.63) is 48.0 Å². The molecule has 1 saturated carbocycles. The van der Waals surface area contributed by atoms with E-state index < -0.39 is 11.9 Å². The third-order valence-corrected chi connectivity index (χ3v) is 6.21. The summed E-state index contributed by atoms with van der Waals surface area (Å²) < 4.78 is 13.0. The van der Waals surface area contributed by atoms with E-state index in [1.807, 2.05) is 31.2 Å². The van der Waals surface area contributed by atoms with E-state index in [1.165, 1.54) is 0 Å². The molecule has 0 bridgehead atoms. The highest BCUT2D eigenvalue weighted by Crippen LogP contribution is 2.59. The van der Waals surface area contributed by atoms with Gasteiger partial charge in [0.05, 0.1) is 18.8 Å². The van der Waals surface area contributed by atoms with Crippen LogP contribution in [0.4, 0.5) is 0 Å². The van der Waals surface area contributed by atoms with Gasteiger partial charge in [-0.2, -0.15) is 0 Å². The van der Waals surface area contributed by atoms with Crippen LogP contribution in [0.1, 0.15) is 82.1 Å². The van der Waals surface area contributed by atoms with Crippen LogP contribution in [-0.2, 0) is 9.47 Å². The fourth-order valence-corrected chi connectivity index (χ4v) is 4.84. The first-order valence-electron chi connectivity index (χ1n) is 9.81. The maximum Gasteiger partial charge on any atom is 0.175 e. The number of benzene rings is 1. The van der Waals surface area contributed by atoms with E-state index in [-0.39, 0.29) is 11.5 Å². The van der Waals surface area contributed by atoms with Crippen LogP contribution in [0, 0.1) is 5.41 Å². The van der Waals surface area contributed by atoms with Crippen LogP contribution in [0.3, 0.4) is 0 Å². The first-order chi connectivity index (χ1) is 12.1. The molecule has 0 radical (unpaired) electrons. The van der Waals surface area contributed by atoms with Crippen molar-refractivity contribution in [1.82, 2.24) is 0 Å². The highest BCUT2D eigenvalue weighted by molar-refractivity contribution is 5.31. The predicted molar refractivity (Wildman–Crippen MR) is 100 cm³/mol. The third-order valence-electron chi connectivity index (χ3n) is 6.21. The van der Waals surface area contributed by atoms with E-state index in [1.54, 1.807) is 0 Å². The molecule has 0 unspecified atom stereocenters. The Labute approximate surface area is 152 Å². The number of fused-ring (bicyclic) bond motifs is 1. The van der Waals surface area contributed by atoms with Crippen molar-refractivity contribution in [1.29, 1.82) is 0 Å². The quantitative estimate of drug-likeness (QED) is 0.636. The average Bonchev–Trinajstić information content (AvgIpc) is 3.13. The molecule has 2 fully saturated rings. The molecule has 1 saturated heterocycles. The Morgan fingerprint density at radius 3 is 2.64 bits per heavy atom. The second-order valence-electron chi connectivity index (χ2n) is 7.55. The summed E-state index contributed by atoms with van der Waals surface area (Å²) in [5.41, 5.74) is 2.16. The van der Waals surface area contributed by atoms with Gasteiger partial charge in [0, 0.05) is 11.8 Å². The number of hydrogen-bond acceptors (Lipinski definition) is 3. The van der Waals surface area contributed by atoms with Gasteiger partial charge in [0.15, 0.2) is 5.79 Å². The van der Waals surface area contributed by atoms with E-state index in [0.717, 1.165) is 56.3 Å². The number of ether oxygens (including phenoxy) is 2. The first-order valence-corrected chi connectivity index (χ1v) is 9.81. The molecule has 1 heterocycles. The minimum absolute atomic E-state index is 0.0576. The maximum atomic E-state index is 10.4. The molecular formula is C22H32O3. The number of allylic oxidation sites excluding steroid dienone is 1. The molecule has 0 amide bonds. The summed E-state index contributed by atoms with van der Waals surface area (Å²) in [6, 6.07) is 8.14. The Bertz CT molecular complexity index is 585. The van der Waals surface area contributed by atoms with E-state index >= 15 is 0 Å². The molecule has 3 rings (SSSR count). The molecular weight excluding hydrogens is 312 g/mol. The van der Waals surface area contributed by atoms with Crippen molar-refractivity contribution in [2.75, 3.05) is 6.61 Å². The molecule has 1 aliphatic carbocycles. The zero-order valence-corrected chi connectivity index (χ0v) is 15.7. The van der Waals surface area contributed by atoms with Crippen molar-refractivity contribution < 1.29 is 14.6 Å². The van der Waals surface area contributed by atoms with E-state index in [2.05, 4.69) is 19.6 Å². The summed E-state index contributed by atoms with van der Waals surface area (Å²) in [7, 11) is 0. The molecule has 1 aromatic rings. The molecule has 2 aliphatic rings. The molecule has 1 N–H and O–H groups in total. The summed E-state index contributed by atoms with van der Waals surface area (Å²) >= 11 is 0. The highest BCUT2D eigenvalue weighted by Gasteiger charge is 2.60. The Hall–Kier alpha value is -1.16. The molecule has 1 aromatic carbocycles. The molecule has 4 atom stereocenters. The van der Waals surface area contributed by atoms with Crippen LogP contribution < -0.4 is 0 Å². The molecule has 0 spiro atoms. The summed E-state index contributed by atoms with van der Waals surface area (Å²) in [6.45, 7) is 8.90. The van der Waals surface area contributed by atoms with Crippen molar-refractivity contribution >= 4 is 0 Å². The van der Waals surface area contributed by atoms with Gasteiger partial charge in [0.2, 0.25) is 0 Å². The van der Waals surface area contributed by atoms with Gasteiger partial charge in [-0.3, -0.25) is 0 Å². The fourth-order valence-electron chi connectivity index (χ4n) is 4.84. The topological polar surface area (TPSA) is 38.7 Å². The standard InChI is InChI=1S/C22H32O3/c1-4-12-21-13-9-14-22(21,24-16-15-21)25-20(6-3)18-11-8-7-10-17(18)19(23)5-2/h4,7-8,10-11,19-20,23H,1,5-6,9,12-16H2,2-3H3/t19-,20-,21+,22-/m0/s1. The smallest absolute Gasteiger partial charge is 0.175 e. The Morgan fingerprint density at radius 1 is 1.20 bits per heavy atom. The lowest BCUT2D eigenvalue weighted by molar-refractivity contribution is -0.271. The van der Waals surface area contributed by atoms with Crippen LogP contribution >= 0.6 is 0 Å². The van der Waals surface area contributed by atoms with Gasteiger partial charge in [0.25, 0.3) is 0 Å². The normalized spacial score (nSPS) is 30.8. The summed E-state index contributed by atoms with van der Waals surface area (Å²) in [4.78, 5) is 0. The van der Waals surface area contributed by atoms with Gasteiger partial charge < -0.3 is 14.6 Å². The molecule has 138 valence electrons. The molecule has 3 nitrogen and oxygen atoms in total. The Morgan fingerprint density at radius 2 is 1.96 bits per heavy atom. The van der Waals surface area contributed by atoms with Crippen molar-refractivity contribution in [3.63, 3.8) is 0 Å². The van der Waals surface area contributed by atoms with Crippen molar-refractivity contribution in [2.24, 2.45) is 5.41 Å². The van der Waals surface area contributed by atoms with E-state index in [4.69, 9.17) is 9.47 Å². The molecule has 0 aromatic heterocycles. The number of aliphatic hydroxyl groups excluding tert-OH is 1. The summed E-state index contributed by atoms with van der Waals surface area (Å²) in [5.74, 6) is -0.494. The second-order valence-corrected chi connectivity index (χ2v) is 7.55. The van der Waals surface area contributed by atoms with Crippen LogP contribution in [0.2, 0.25) is 0 Å². The molecule has 1 aliphatic heterocycles. The fraction of sp³-hybridized carbons (Fsp3) is 0.636. The van der Waals surface area contributed by atoms with E-state index in [0.29, 0.717) is 6.42 Å². The van der Waals surface area contributed by atoms with Crippen molar-refractivity contribution in [2.45, 2.75) is 76.8 Å². The van der Waals surface area contributed by atoms with Gasteiger partial charge in [-0.05, 0) is 49.7 Å². The largest absolute Gasteiger partial charge is 0.388 e. The summed E-state index contributed by atoms with van der Waals surface area (Å²) in [5, 5.41) is 10.4. The zero-order valence-electron chi connectivity index (χ0n) is 15.7. The molecule has 25 heavy (non-hydrogen) atoms. The van der Waals surface area contributed by atoms with E-state index in [9.17, 15) is 5.11 Å². The minimum atomic E-state index is -0.494. The van der Waals surface area contributed by atoms with Gasteiger partial charge in [-0.1, -0.05) is 44.2 Å². The van der Waals surface area contributed by atoms with Gasteiger partial charge in [0.1, 0.15) is 0 Å². The number of aliphatic hydroxyl groups is 1. The average molecular weight is 344 g/mol. The minimum Gasteiger partial charge on any atom is -0.388 e. The lowest BCUT2D eigenvalue weighted by atomic mass is 9.77. The van der Waals surface area contributed by atoms with Crippen LogP contribution in [0.5, 0.6) is 0 Å². The van der Waals surface area contributed by atoms with Crippen molar-refractivity contribution in [3.8, 4) is 0 Å². The van der Waals surface area contributed by atoms with Gasteiger partial charge >= 0.3 is 0 Å². The van der Waals surface area contributed by atoms with Crippen LogP contribution in [0.15, 0.2) is 36.9 Å². The maximum absolute atomic E-state index is 10.4. The van der Waals surface area contributed by atoms with Crippen LogP contribution in [0.25, 0.3) is 0 Å². The number of hydrogen-bond donors (Lipinski definition) is 1. The monoisotopic (exact) mass is 344 g/mol. The first kappa shape index (κ1) is 18.6. The lowest BCUT2D eigenvalue weighted by Crippen LogP contribution is -2.44. The SMILES string of the molecule is C=CC[C@]12CCC[C@@]1(O[C@@H](CC)c1ccccc1[C@@H](O)CC)OCC2. The third kappa shape index (κ3) is 3.18. The van der Waals surface area contributed by atoms with Gasteiger partial charge in [-0.25, -0.2) is 0 Å². The number of rotatable bonds is 8. The predicted octanol–water partition coefficient (Wildman–Crippen LogP) is 5.46.